The monoisotopic (exact) mass is 327 g/mol. The van der Waals surface area contributed by atoms with Gasteiger partial charge in [-0.1, -0.05) is 18.2 Å². The van der Waals surface area contributed by atoms with E-state index in [4.69, 9.17) is 19.9 Å². The topological polar surface area (TPSA) is 70.8 Å². The first-order valence-electron chi connectivity index (χ1n) is 8.08. The molecule has 2 N–H and O–H groups in total. The highest BCUT2D eigenvalue weighted by Crippen LogP contribution is 2.36. The maximum atomic E-state index is 10.9. The second-order valence-electron chi connectivity index (χ2n) is 5.84. The van der Waals surface area contributed by atoms with Gasteiger partial charge in [-0.2, -0.15) is 0 Å². The summed E-state index contributed by atoms with van der Waals surface area (Å²) in [6, 6.07) is 13.0. The van der Waals surface area contributed by atoms with Crippen molar-refractivity contribution < 1.29 is 19.0 Å². The highest BCUT2D eigenvalue weighted by molar-refractivity contribution is 5.71. The molecule has 1 saturated carbocycles. The van der Waals surface area contributed by atoms with Crippen molar-refractivity contribution in [3.05, 3.63) is 42.5 Å². The normalized spacial score (nSPS) is 14.4. The van der Waals surface area contributed by atoms with Crippen molar-refractivity contribution >= 4 is 6.09 Å². The van der Waals surface area contributed by atoms with Crippen molar-refractivity contribution in [1.82, 2.24) is 0 Å². The van der Waals surface area contributed by atoms with Gasteiger partial charge in [-0.3, -0.25) is 0 Å². The quantitative estimate of drug-likeness (QED) is 0.896. The van der Waals surface area contributed by atoms with E-state index in [1.165, 1.54) is 12.8 Å². The van der Waals surface area contributed by atoms with Crippen LogP contribution in [-0.4, -0.2) is 19.3 Å². The Labute approximate surface area is 141 Å². The zero-order valence-corrected chi connectivity index (χ0v) is 13.7. The third kappa shape index (κ3) is 3.79. The minimum atomic E-state index is -0.827. The van der Waals surface area contributed by atoms with Gasteiger partial charge in [0.1, 0.15) is 5.75 Å². The number of hydrogen-bond acceptors (Lipinski definition) is 4. The van der Waals surface area contributed by atoms with Crippen LogP contribution < -0.4 is 19.9 Å². The average Bonchev–Trinajstić information content (AvgIpc) is 3.07. The molecule has 126 valence electrons. The minimum absolute atomic E-state index is 0.249. The molecule has 0 aromatic heterocycles. The number of hydrogen-bond donors (Lipinski definition) is 1. The van der Waals surface area contributed by atoms with Crippen molar-refractivity contribution in [2.75, 3.05) is 7.11 Å². The number of primary amides is 1. The van der Waals surface area contributed by atoms with Crippen LogP contribution in [-0.2, 0) is 0 Å². The van der Waals surface area contributed by atoms with Gasteiger partial charge in [-0.15, -0.1) is 0 Å². The molecule has 5 heteroatoms. The number of carbonyl (C=O) groups is 1. The number of carbonyl (C=O) groups excluding carboxylic acids is 1. The summed E-state index contributed by atoms with van der Waals surface area (Å²) in [6.07, 6.45) is 3.99. The summed E-state index contributed by atoms with van der Waals surface area (Å²) in [4.78, 5) is 10.9. The maximum Gasteiger partial charge on any atom is 0.409 e. The summed E-state index contributed by atoms with van der Waals surface area (Å²) in [5.74, 6) is 1.87. The lowest BCUT2D eigenvalue weighted by atomic mass is 10.0. The van der Waals surface area contributed by atoms with Crippen molar-refractivity contribution in [2.24, 2.45) is 5.73 Å². The second-order valence-corrected chi connectivity index (χ2v) is 5.84. The zero-order chi connectivity index (χ0) is 16.9. The number of rotatable bonds is 5. The van der Waals surface area contributed by atoms with Gasteiger partial charge in [0, 0.05) is 0 Å². The van der Waals surface area contributed by atoms with Crippen molar-refractivity contribution in [3.63, 3.8) is 0 Å². The molecule has 1 aliphatic carbocycles. The van der Waals surface area contributed by atoms with E-state index in [1.54, 1.807) is 19.2 Å². The molecule has 1 amide bonds. The van der Waals surface area contributed by atoms with Crippen LogP contribution >= 0.6 is 0 Å². The van der Waals surface area contributed by atoms with E-state index in [2.05, 4.69) is 0 Å². The predicted octanol–water partition coefficient (Wildman–Crippen LogP) is 4.14. The van der Waals surface area contributed by atoms with Crippen molar-refractivity contribution in [1.29, 1.82) is 0 Å². The number of methoxy groups -OCH3 is 1. The summed E-state index contributed by atoms with van der Waals surface area (Å²) in [6.45, 7) is 0. The lowest BCUT2D eigenvalue weighted by Gasteiger charge is -2.17. The standard InChI is InChI=1S/C19H21NO4/c1-22-17-10-9-14(12-18(17)23-15-6-2-3-7-15)13-5-4-8-16(11-13)24-19(20)21/h4-5,8-12,15H,2-3,6-7H2,1H3,(H2,20,21). The van der Waals surface area contributed by atoms with Crippen LogP contribution in [0.15, 0.2) is 42.5 Å². The Morgan fingerprint density at radius 2 is 1.79 bits per heavy atom. The Hall–Kier alpha value is -2.69. The molecule has 0 spiro atoms. The fourth-order valence-electron chi connectivity index (χ4n) is 2.99. The Bertz CT molecular complexity index is 723. The highest BCUT2D eigenvalue weighted by atomic mass is 16.5. The molecule has 0 aliphatic heterocycles. The van der Waals surface area contributed by atoms with Crippen LogP contribution in [0.5, 0.6) is 17.2 Å². The Balaban J connectivity index is 1.89. The molecule has 0 saturated heterocycles. The molecule has 0 unspecified atom stereocenters. The predicted molar refractivity (Wildman–Crippen MR) is 91.5 cm³/mol. The number of benzene rings is 2. The number of nitrogens with two attached hydrogens (primary N) is 1. The number of ether oxygens (including phenoxy) is 3. The smallest absolute Gasteiger partial charge is 0.409 e. The summed E-state index contributed by atoms with van der Waals surface area (Å²) in [5.41, 5.74) is 6.94. The first-order valence-corrected chi connectivity index (χ1v) is 8.08. The summed E-state index contributed by atoms with van der Waals surface area (Å²) in [5, 5.41) is 0. The third-order valence-corrected chi connectivity index (χ3v) is 4.15. The largest absolute Gasteiger partial charge is 0.493 e. The summed E-state index contributed by atoms with van der Waals surface area (Å²) >= 11 is 0. The van der Waals surface area contributed by atoms with Gasteiger partial charge in [0.25, 0.3) is 0 Å². The summed E-state index contributed by atoms with van der Waals surface area (Å²) < 4.78 is 16.5. The highest BCUT2D eigenvalue weighted by Gasteiger charge is 2.19. The average molecular weight is 327 g/mol. The molecule has 2 aromatic carbocycles. The molecule has 1 fully saturated rings. The number of amides is 1. The van der Waals surface area contributed by atoms with Crippen LogP contribution in [0.25, 0.3) is 11.1 Å². The molecule has 3 rings (SSSR count). The fourth-order valence-corrected chi connectivity index (χ4v) is 2.99. The first kappa shape index (κ1) is 16.2. The second kappa shape index (κ2) is 7.25. The van der Waals surface area contributed by atoms with Crippen LogP contribution in [0.3, 0.4) is 0 Å². The van der Waals surface area contributed by atoms with Crippen molar-refractivity contribution in [3.8, 4) is 28.4 Å². The van der Waals surface area contributed by atoms with E-state index in [9.17, 15) is 4.79 Å². The SMILES string of the molecule is COc1ccc(-c2cccc(OC(N)=O)c2)cc1OC1CCCC1. The van der Waals surface area contributed by atoms with E-state index in [1.807, 2.05) is 30.3 Å². The van der Waals surface area contributed by atoms with Gasteiger partial charge in [0.15, 0.2) is 11.5 Å². The van der Waals surface area contributed by atoms with Gasteiger partial charge in [0.05, 0.1) is 13.2 Å². The van der Waals surface area contributed by atoms with Gasteiger partial charge < -0.3 is 19.9 Å². The molecule has 5 nitrogen and oxygen atoms in total. The van der Waals surface area contributed by atoms with Gasteiger partial charge in [-0.25, -0.2) is 4.79 Å². The van der Waals surface area contributed by atoms with E-state index < -0.39 is 6.09 Å². The van der Waals surface area contributed by atoms with Crippen LogP contribution in [0.1, 0.15) is 25.7 Å². The Morgan fingerprint density at radius 1 is 1.04 bits per heavy atom. The third-order valence-electron chi connectivity index (χ3n) is 4.15. The Morgan fingerprint density at radius 3 is 2.50 bits per heavy atom. The lowest BCUT2D eigenvalue weighted by molar-refractivity contribution is 0.201. The first-order chi connectivity index (χ1) is 11.7. The van der Waals surface area contributed by atoms with Gasteiger partial charge in [0.2, 0.25) is 0 Å². The van der Waals surface area contributed by atoms with Crippen LogP contribution in [0.2, 0.25) is 0 Å². The maximum absolute atomic E-state index is 10.9. The lowest BCUT2D eigenvalue weighted by Crippen LogP contribution is -2.16. The van der Waals surface area contributed by atoms with E-state index >= 15 is 0 Å². The molecule has 2 aromatic rings. The summed E-state index contributed by atoms with van der Waals surface area (Å²) in [7, 11) is 1.64. The van der Waals surface area contributed by atoms with Gasteiger partial charge in [-0.05, 0) is 61.1 Å². The molecule has 1 aliphatic rings. The molecular weight excluding hydrogens is 306 g/mol. The molecule has 0 radical (unpaired) electrons. The van der Waals surface area contributed by atoms with E-state index in [0.29, 0.717) is 5.75 Å². The minimum Gasteiger partial charge on any atom is -0.493 e. The van der Waals surface area contributed by atoms with Gasteiger partial charge >= 0.3 is 6.09 Å². The van der Waals surface area contributed by atoms with Crippen LogP contribution in [0, 0.1) is 0 Å². The van der Waals surface area contributed by atoms with E-state index in [-0.39, 0.29) is 6.10 Å². The Kier molecular flexibility index (Phi) is 4.89. The molecule has 24 heavy (non-hydrogen) atoms. The molecule has 0 atom stereocenters. The zero-order valence-electron chi connectivity index (χ0n) is 13.7. The molecule has 0 bridgehead atoms. The van der Waals surface area contributed by atoms with Crippen LogP contribution in [0.4, 0.5) is 4.79 Å². The fraction of sp³-hybridized carbons (Fsp3) is 0.316. The molecule has 0 heterocycles. The van der Waals surface area contributed by atoms with E-state index in [0.717, 1.165) is 35.5 Å². The molecular formula is C19H21NO4. The van der Waals surface area contributed by atoms with Crippen molar-refractivity contribution in [2.45, 2.75) is 31.8 Å².